The maximum absolute atomic E-state index is 12.8. The number of benzene rings is 2. The van der Waals surface area contributed by atoms with Crippen LogP contribution in [0.5, 0.6) is 0 Å². The third-order valence-corrected chi connectivity index (χ3v) is 4.94. The predicted octanol–water partition coefficient (Wildman–Crippen LogP) is 5.19. The van der Waals surface area contributed by atoms with E-state index in [1.165, 1.54) is 9.20 Å². The molecule has 0 spiro atoms. The Balaban J connectivity index is 2.03. The van der Waals surface area contributed by atoms with Crippen molar-refractivity contribution in [2.45, 2.75) is 20.4 Å². The van der Waals surface area contributed by atoms with Crippen LogP contribution in [0.1, 0.15) is 13.8 Å². The largest absolute Gasteiger partial charge is 0.367 e. The molecule has 142 valence electrons. The highest BCUT2D eigenvalue weighted by molar-refractivity contribution is 6.31. The van der Waals surface area contributed by atoms with E-state index in [0.717, 1.165) is 22.3 Å². The molecule has 0 N–H and O–H groups in total. The van der Waals surface area contributed by atoms with E-state index in [2.05, 4.69) is 10.2 Å². The van der Waals surface area contributed by atoms with Crippen molar-refractivity contribution in [3.8, 4) is 22.3 Å². The molecule has 0 saturated carbocycles. The molecule has 0 aliphatic rings. The van der Waals surface area contributed by atoms with Crippen LogP contribution in [-0.2, 0) is 6.54 Å². The number of halogens is 2. The first-order valence-electron chi connectivity index (χ1n) is 8.95. The van der Waals surface area contributed by atoms with Gasteiger partial charge in [0.05, 0.1) is 6.20 Å². The molecule has 0 radical (unpaired) electrons. The monoisotopic (exact) mass is 412 g/mol. The normalized spacial score (nSPS) is 11.5. The van der Waals surface area contributed by atoms with E-state index in [4.69, 9.17) is 23.2 Å². The lowest BCUT2D eigenvalue weighted by atomic mass is 9.97. The second-order valence-corrected chi connectivity index (χ2v) is 7.91. The highest BCUT2D eigenvalue weighted by Crippen LogP contribution is 2.34. The van der Waals surface area contributed by atoms with Crippen molar-refractivity contribution in [1.29, 1.82) is 0 Å². The minimum atomic E-state index is -0.249. The molecular weight excluding hydrogens is 395 g/mol. The summed E-state index contributed by atoms with van der Waals surface area (Å²) >= 11 is 12.1. The molecule has 0 saturated heterocycles. The van der Waals surface area contributed by atoms with Gasteiger partial charge in [-0.3, -0.25) is 0 Å². The first-order chi connectivity index (χ1) is 13.4. The van der Waals surface area contributed by atoms with Crippen molar-refractivity contribution in [3.63, 3.8) is 0 Å². The van der Waals surface area contributed by atoms with Crippen LogP contribution in [0.3, 0.4) is 0 Å². The van der Waals surface area contributed by atoms with Gasteiger partial charge in [-0.15, -0.1) is 5.10 Å². The number of nitrogens with zero attached hydrogens (tertiary/aromatic N) is 4. The lowest BCUT2D eigenvalue weighted by Crippen LogP contribution is -2.24. The maximum Gasteiger partial charge on any atom is 0.367 e. The highest BCUT2D eigenvalue weighted by Gasteiger charge is 2.19. The molecule has 2 aromatic heterocycles. The van der Waals surface area contributed by atoms with Gasteiger partial charge in [0, 0.05) is 27.7 Å². The van der Waals surface area contributed by atoms with Gasteiger partial charge in [0.1, 0.15) is 0 Å². The average Bonchev–Trinajstić information content (AvgIpc) is 2.98. The average molecular weight is 413 g/mol. The molecular formula is C21H18Cl2N4O. The van der Waals surface area contributed by atoms with Gasteiger partial charge in [-0.2, -0.15) is 9.61 Å². The number of rotatable bonds is 4. The summed E-state index contributed by atoms with van der Waals surface area (Å²) in [7, 11) is 0. The predicted molar refractivity (Wildman–Crippen MR) is 113 cm³/mol. The second kappa shape index (κ2) is 7.41. The van der Waals surface area contributed by atoms with Crippen LogP contribution in [0.4, 0.5) is 0 Å². The Morgan fingerprint density at radius 3 is 2.07 bits per heavy atom. The van der Waals surface area contributed by atoms with Crippen LogP contribution in [0, 0.1) is 5.92 Å². The van der Waals surface area contributed by atoms with Gasteiger partial charge in [0.25, 0.3) is 0 Å². The van der Waals surface area contributed by atoms with E-state index in [1.54, 1.807) is 6.20 Å². The van der Waals surface area contributed by atoms with Crippen molar-refractivity contribution in [2.24, 2.45) is 5.92 Å². The molecule has 2 aromatic carbocycles. The molecule has 5 nitrogen and oxygen atoms in total. The molecule has 0 bridgehead atoms. The Morgan fingerprint density at radius 1 is 0.929 bits per heavy atom. The number of aromatic nitrogens is 4. The Morgan fingerprint density at radius 2 is 1.50 bits per heavy atom. The number of fused-ring (bicyclic) bond motifs is 1. The zero-order valence-corrected chi connectivity index (χ0v) is 16.9. The van der Waals surface area contributed by atoms with Crippen LogP contribution >= 0.6 is 23.2 Å². The second-order valence-electron chi connectivity index (χ2n) is 7.04. The first kappa shape index (κ1) is 18.7. The minimum Gasteiger partial charge on any atom is -0.244 e. The van der Waals surface area contributed by atoms with E-state index in [1.807, 2.05) is 62.4 Å². The molecule has 28 heavy (non-hydrogen) atoms. The number of hydrogen-bond acceptors (Lipinski definition) is 3. The fourth-order valence-electron chi connectivity index (χ4n) is 3.17. The zero-order chi connectivity index (χ0) is 19.8. The lowest BCUT2D eigenvalue weighted by molar-refractivity contribution is 0.469. The van der Waals surface area contributed by atoms with E-state index >= 15 is 0 Å². The van der Waals surface area contributed by atoms with Crippen molar-refractivity contribution >= 4 is 28.8 Å². The van der Waals surface area contributed by atoms with Crippen molar-refractivity contribution < 1.29 is 0 Å². The van der Waals surface area contributed by atoms with Crippen LogP contribution in [0.2, 0.25) is 10.0 Å². The van der Waals surface area contributed by atoms with Crippen LogP contribution in [0.25, 0.3) is 27.9 Å². The molecule has 2 heterocycles. The zero-order valence-electron chi connectivity index (χ0n) is 15.4. The Labute approximate surface area is 172 Å². The quantitative estimate of drug-likeness (QED) is 0.463. The molecule has 0 amide bonds. The summed E-state index contributed by atoms with van der Waals surface area (Å²) < 4.78 is 2.82. The standard InChI is InChI=1S/C21H18Cl2N4O/c1-13(2)12-26-21(28)27-20(25-26)19(15-5-9-17(23)10-6-15)18(11-24-27)14-3-7-16(22)8-4-14/h3-11,13H,12H2,1-2H3. The third kappa shape index (κ3) is 3.43. The SMILES string of the molecule is CC(C)Cn1nc2c(-c3ccc(Cl)cc3)c(-c3ccc(Cl)cc3)cnn2c1=O. The first-order valence-corrected chi connectivity index (χ1v) is 9.70. The molecule has 0 unspecified atom stereocenters. The van der Waals surface area contributed by atoms with E-state index in [9.17, 15) is 4.79 Å². The molecule has 0 aliphatic heterocycles. The Kier molecular flexibility index (Phi) is 4.96. The highest BCUT2D eigenvalue weighted by atomic mass is 35.5. The van der Waals surface area contributed by atoms with Crippen molar-refractivity contribution in [3.05, 3.63) is 75.3 Å². The van der Waals surface area contributed by atoms with Gasteiger partial charge in [-0.05, 0) is 41.3 Å². The van der Waals surface area contributed by atoms with E-state index in [0.29, 0.717) is 22.2 Å². The summed E-state index contributed by atoms with van der Waals surface area (Å²) in [6.07, 6.45) is 1.70. The third-order valence-electron chi connectivity index (χ3n) is 4.44. The van der Waals surface area contributed by atoms with Crippen molar-refractivity contribution in [2.75, 3.05) is 0 Å². The molecule has 4 aromatic rings. The van der Waals surface area contributed by atoms with Gasteiger partial charge in [-0.1, -0.05) is 61.3 Å². The van der Waals surface area contributed by atoms with Gasteiger partial charge in [0.15, 0.2) is 5.65 Å². The van der Waals surface area contributed by atoms with Gasteiger partial charge < -0.3 is 0 Å². The molecule has 0 atom stereocenters. The van der Waals surface area contributed by atoms with E-state index in [-0.39, 0.29) is 11.6 Å². The summed E-state index contributed by atoms with van der Waals surface area (Å²) in [6, 6.07) is 15.0. The fraction of sp³-hybridized carbons (Fsp3) is 0.190. The molecule has 4 rings (SSSR count). The maximum atomic E-state index is 12.8. The topological polar surface area (TPSA) is 52.2 Å². The molecule has 0 aliphatic carbocycles. The number of hydrogen-bond donors (Lipinski definition) is 0. The van der Waals surface area contributed by atoms with Gasteiger partial charge >= 0.3 is 5.69 Å². The van der Waals surface area contributed by atoms with Crippen LogP contribution in [0.15, 0.2) is 59.5 Å². The Bertz CT molecular complexity index is 1190. The van der Waals surface area contributed by atoms with Crippen LogP contribution < -0.4 is 5.69 Å². The van der Waals surface area contributed by atoms with Gasteiger partial charge in [0.2, 0.25) is 0 Å². The van der Waals surface area contributed by atoms with Crippen LogP contribution in [-0.4, -0.2) is 19.4 Å². The summed E-state index contributed by atoms with van der Waals surface area (Å²) in [5.41, 5.74) is 3.81. The molecule has 0 fully saturated rings. The summed E-state index contributed by atoms with van der Waals surface area (Å²) in [5, 5.41) is 10.3. The van der Waals surface area contributed by atoms with E-state index < -0.39 is 0 Å². The summed E-state index contributed by atoms with van der Waals surface area (Å²) in [5.74, 6) is 0.289. The fourth-order valence-corrected chi connectivity index (χ4v) is 3.43. The smallest absolute Gasteiger partial charge is 0.244 e. The minimum absolute atomic E-state index is 0.249. The molecule has 7 heteroatoms. The Hall–Kier alpha value is -2.63. The summed E-state index contributed by atoms with van der Waals surface area (Å²) in [4.78, 5) is 12.8. The summed E-state index contributed by atoms with van der Waals surface area (Å²) in [6.45, 7) is 4.62. The van der Waals surface area contributed by atoms with Gasteiger partial charge in [-0.25, -0.2) is 9.48 Å². The van der Waals surface area contributed by atoms with Crippen molar-refractivity contribution in [1.82, 2.24) is 19.4 Å². The lowest BCUT2D eigenvalue weighted by Gasteiger charge is -2.11.